The van der Waals surface area contributed by atoms with Crippen LogP contribution >= 0.6 is 0 Å². The van der Waals surface area contributed by atoms with E-state index in [0.29, 0.717) is 17.1 Å². The van der Waals surface area contributed by atoms with E-state index in [1.54, 1.807) is 32.4 Å². The highest BCUT2D eigenvalue weighted by Gasteiger charge is 2.24. The number of hydrogen-bond donors (Lipinski definition) is 0. The number of benzene rings is 1. The molecule has 1 aromatic rings. The smallest absolute Gasteiger partial charge is 0.166 e. The highest BCUT2D eigenvalue weighted by atomic mass is 16.5. The molecule has 3 heteroatoms. The zero-order valence-electron chi connectivity index (χ0n) is 10.4. The van der Waals surface area contributed by atoms with Crippen LogP contribution in [-0.2, 0) is 0 Å². The molecule has 0 aromatic heterocycles. The van der Waals surface area contributed by atoms with Gasteiger partial charge in [0.25, 0.3) is 0 Å². The second-order valence-electron chi connectivity index (χ2n) is 4.45. The Kier molecular flexibility index (Phi) is 3.67. The summed E-state index contributed by atoms with van der Waals surface area (Å²) in [4.78, 5) is 12.3. The molecule has 17 heavy (non-hydrogen) atoms. The zero-order valence-corrected chi connectivity index (χ0v) is 10.4. The number of rotatable bonds is 4. The third kappa shape index (κ3) is 2.60. The van der Waals surface area contributed by atoms with Crippen LogP contribution in [-0.4, -0.2) is 20.0 Å². The molecule has 0 unspecified atom stereocenters. The zero-order chi connectivity index (χ0) is 12.3. The van der Waals surface area contributed by atoms with E-state index in [2.05, 4.69) is 0 Å². The average molecular weight is 234 g/mol. The van der Waals surface area contributed by atoms with Crippen LogP contribution < -0.4 is 9.47 Å². The second kappa shape index (κ2) is 5.21. The van der Waals surface area contributed by atoms with Gasteiger partial charge in [-0.05, 0) is 25.0 Å². The van der Waals surface area contributed by atoms with Crippen molar-refractivity contribution in [3.63, 3.8) is 0 Å². The minimum Gasteiger partial charge on any atom is -0.497 e. The predicted octanol–water partition coefficient (Wildman–Crippen LogP) is 3.08. The van der Waals surface area contributed by atoms with Gasteiger partial charge in [0.1, 0.15) is 11.5 Å². The average Bonchev–Trinajstić information content (AvgIpc) is 2.91. The Bertz CT molecular complexity index is 384. The summed E-state index contributed by atoms with van der Waals surface area (Å²) in [5.41, 5.74) is 0.702. The molecule has 0 radical (unpaired) electrons. The minimum atomic E-state index is 0.187. The lowest BCUT2D eigenvalue weighted by Gasteiger charge is -2.11. The lowest BCUT2D eigenvalue weighted by atomic mass is 9.96. The summed E-state index contributed by atoms with van der Waals surface area (Å²) < 4.78 is 10.4. The highest BCUT2D eigenvalue weighted by molar-refractivity contribution is 5.98. The number of ketones is 1. The van der Waals surface area contributed by atoms with Crippen LogP contribution in [0.25, 0.3) is 0 Å². The summed E-state index contributed by atoms with van der Waals surface area (Å²) in [5, 5.41) is 0. The molecule has 1 aliphatic carbocycles. The van der Waals surface area contributed by atoms with Crippen LogP contribution in [0.2, 0.25) is 0 Å². The first-order valence-electron chi connectivity index (χ1n) is 6.02. The molecule has 0 bridgehead atoms. The quantitative estimate of drug-likeness (QED) is 0.751. The van der Waals surface area contributed by atoms with Gasteiger partial charge in [0, 0.05) is 17.5 Å². The third-order valence-electron chi connectivity index (χ3n) is 3.36. The fourth-order valence-corrected chi connectivity index (χ4v) is 2.37. The van der Waals surface area contributed by atoms with E-state index in [-0.39, 0.29) is 11.7 Å². The normalized spacial score (nSPS) is 15.9. The minimum absolute atomic E-state index is 0.187. The Morgan fingerprint density at radius 2 is 1.59 bits per heavy atom. The number of ether oxygens (including phenoxy) is 2. The van der Waals surface area contributed by atoms with Crippen molar-refractivity contribution in [1.29, 1.82) is 0 Å². The van der Waals surface area contributed by atoms with Crippen molar-refractivity contribution < 1.29 is 14.3 Å². The van der Waals surface area contributed by atoms with Crippen LogP contribution in [0, 0.1) is 5.92 Å². The van der Waals surface area contributed by atoms with Gasteiger partial charge >= 0.3 is 0 Å². The van der Waals surface area contributed by atoms with Crippen molar-refractivity contribution in [2.45, 2.75) is 25.7 Å². The van der Waals surface area contributed by atoms with Gasteiger partial charge in [-0.1, -0.05) is 12.8 Å². The van der Waals surface area contributed by atoms with Gasteiger partial charge in [-0.3, -0.25) is 4.79 Å². The topological polar surface area (TPSA) is 35.5 Å². The SMILES string of the molecule is COc1cc(OC)cc(C(=O)C2CCCC2)c1. The molecule has 0 aliphatic heterocycles. The molecule has 1 aromatic carbocycles. The van der Waals surface area contributed by atoms with Gasteiger partial charge in [0.05, 0.1) is 14.2 Å². The molecular formula is C14H18O3. The molecule has 0 heterocycles. The van der Waals surface area contributed by atoms with Crippen LogP contribution in [0.15, 0.2) is 18.2 Å². The highest BCUT2D eigenvalue weighted by Crippen LogP contribution is 2.30. The lowest BCUT2D eigenvalue weighted by molar-refractivity contribution is 0.0922. The summed E-state index contributed by atoms with van der Waals surface area (Å²) in [6.07, 6.45) is 4.35. The van der Waals surface area contributed by atoms with Crippen LogP contribution in [0.3, 0.4) is 0 Å². The second-order valence-corrected chi connectivity index (χ2v) is 4.45. The van der Waals surface area contributed by atoms with Gasteiger partial charge in [0.15, 0.2) is 5.78 Å². The molecule has 92 valence electrons. The molecule has 1 fully saturated rings. The van der Waals surface area contributed by atoms with Crippen molar-refractivity contribution in [1.82, 2.24) is 0 Å². The van der Waals surface area contributed by atoms with E-state index < -0.39 is 0 Å². The largest absolute Gasteiger partial charge is 0.497 e. The molecule has 0 atom stereocenters. The maximum atomic E-state index is 12.3. The van der Waals surface area contributed by atoms with Crippen LogP contribution in [0.1, 0.15) is 36.0 Å². The van der Waals surface area contributed by atoms with E-state index in [1.807, 2.05) is 0 Å². The first kappa shape index (κ1) is 12.0. The Balaban J connectivity index is 2.26. The molecule has 1 saturated carbocycles. The monoisotopic (exact) mass is 234 g/mol. The number of methoxy groups -OCH3 is 2. The Morgan fingerprint density at radius 1 is 1.06 bits per heavy atom. The number of carbonyl (C=O) groups excluding carboxylic acids is 1. The van der Waals surface area contributed by atoms with Crippen LogP contribution in [0.5, 0.6) is 11.5 Å². The number of carbonyl (C=O) groups is 1. The van der Waals surface area contributed by atoms with Crippen molar-refractivity contribution in [2.75, 3.05) is 14.2 Å². The van der Waals surface area contributed by atoms with E-state index in [1.165, 1.54) is 0 Å². The Morgan fingerprint density at radius 3 is 2.06 bits per heavy atom. The maximum Gasteiger partial charge on any atom is 0.166 e. The predicted molar refractivity (Wildman–Crippen MR) is 65.8 cm³/mol. The van der Waals surface area contributed by atoms with Gasteiger partial charge in [-0.25, -0.2) is 0 Å². The van der Waals surface area contributed by atoms with Crippen molar-refractivity contribution >= 4 is 5.78 Å². The molecular weight excluding hydrogens is 216 g/mol. The molecule has 0 N–H and O–H groups in total. The van der Waals surface area contributed by atoms with Crippen LogP contribution in [0.4, 0.5) is 0 Å². The van der Waals surface area contributed by atoms with Crippen molar-refractivity contribution in [3.05, 3.63) is 23.8 Å². The third-order valence-corrected chi connectivity index (χ3v) is 3.36. The van der Waals surface area contributed by atoms with E-state index in [4.69, 9.17) is 9.47 Å². The lowest BCUT2D eigenvalue weighted by Crippen LogP contribution is -2.11. The summed E-state index contributed by atoms with van der Waals surface area (Å²) >= 11 is 0. The van der Waals surface area contributed by atoms with E-state index in [0.717, 1.165) is 25.7 Å². The molecule has 0 amide bonds. The molecule has 3 nitrogen and oxygen atoms in total. The van der Waals surface area contributed by atoms with E-state index >= 15 is 0 Å². The fraction of sp³-hybridized carbons (Fsp3) is 0.500. The summed E-state index contributed by atoms with van der Waals surface area (Å²) in [5.74, 6) is 1.75. The summed E-state index contributed by atoms with van der Waals surface area (Å²) in [7, 11) is 3.19. The standard InChI is InChI=1S/C14H18O3/c1-16-12-7-11(8-13(9-12)17-2)14(15)10-5-3-4-6-10/h7-10H,3-6H2,1-2H3. The van der Waals surface area contributed by atoms with Gasteiger partial charge in [0.2, 0.25) is 0 Å². The Labute approximate surface area is 102 Å². The van der Waals surface area contributed by atoms with E-state index in [9.17, 15) is 4.79 Å². The first-order valence-corrected chi connectivity index (χ1v) is 6.02. The molecule has 0 saturated heterocycles. The Hall–Kier alpha value is -1.51. The first-order chi connectivity index (χ1) is 8.24. The molecule has 1 aliphatic rings. The summed E-state index contributed by atoms with van der Waals surface area (Å²) in [6.45, 7) is 0. The number of hydrogen-bond acceptors (Lipinski definition) is 3. The molecule has 0 spiro atoms. The molecule has 2 rings (SSSR count). The summed E-state index contributed by atoms with van der Waals surface area (Å²) in [6, 6.07) is 5.37. The number of Topliss-reactive ketones (excluding diaryl/α,β-unsaturated/α-hetero) is 1. The fourth-order valence-electron chi connectivity index (χ4n) is 2.37. The van der Waals surface area contributed by atoms with Crippen molar-refractivity contribution in [3.8, 4) is 11.5 Å². The van der Waals surface area contributed by atoms with Crippen molar-refractivity contribution in [2.24, 2.45) is 5.92 Å². The maximum absolute atomic E-state index is 12.3. The van der Waals surface area contributed by atoms with Gasteiger partial charge in [-0.15, -0.1) is 0 Å². The van der Waals surface area contributed by atoms with Gasteiger partial charge < -0.3 is 9.47 Å². The van der Waals surface area contributed by atoms with Gasteiger partial charge in [-0.2, -0.15) is 0 Å².